The lowest BCUT2D eigenvalue weighted by molar-refractivity contribution is 0.112. The zero-order valence-corrected chi connectivity index (χ0v) is 10.7. The molecule has 88 valence electrons. The van der Waals surface area contributed by atoms with Gasteiger partial charge in [-0.3, -0.25) is 4.79 Å². The van der Waals surface area contributed by atoms with E-state index in [-0.39, 0.29) is 9.79 Å². The molecule has 5 heteroatoms. The fraction of sp³-hybridized carbons (Fsp3) is 0.0833. The Kier molecular flexibility index (Phi) is 3.13. The van der Waals surface area contributed by atoms with Crippen LogP contribution < -0.4 is 0 Å². The van der Waals surface area contributed by atoms with Gasteiger partial charge in [-0.2, -0.15) is 0 Å². The molecule has 0 bridgehead atoms. The van der Waals surface area contributed by atoms with Crippen LogP contribution in [0.3, 0.4) is 0 Å². The van der Waals surface area contributed by atoms with Gasteiger partial charge in [-0.05, 0) is 25.1 Å². The molecule has 0 unspecified atom stereocenters. The highest BCUT2D eigenvalue weighted by Crippen LogP contribution is 2.25. The molecule has 0 aliphatic carbocycles. The second-order valence-corrected chi connectivity index (χ2v) is 6.51. The van der Waals surface area contributed by atoms with E-state index in [9.17, 15) is 13.2 Å². The predicted octanol–water partition coefficient (Wildman–Crippen LogP) is 2.70. The maximum absolute atomic E-state index is 12.2. The number of aryl methyl sites for hydroxylation is 1. The SMILES string of the molecule is Cc1ccc(S(=O)(=O)c2csc(C=O)c2)cc1. The number of carbonyl (C=O) groups is 1. The van der Waals surface area contributed by atoms with Crippen molar-refractivity contribution in [2.45, 2.75) is 16.7 Å². The van der Waals surface area contributed by atoms with Crippen LogP contribution in [-0.4, -0.2) is 14.7 Å². The van der Waals surface area contributed by atoms with Crippen molar-refractivity contribution in [3.8, 4) is 0 Å². The standard InChI is InChI=1S/C12H10O3S2/c1-9-2-4-11(5-3-9)17(14,15)12-6-10(7-13)16-8-12/h2-8H,1H3. The first-order valence-electron chi connectivity index (χ1n) is 4.89. The van der Waals surface area contributed by atoms with E-state index in [1.54, 1.807) is 24.3 Å². The van der Waals surface area contributed by atoms with E-state index in [1.807, 2.05) is 6.92 Å². The molecule has 0 fully saturated rings. The molecule has 0 aliphatic rings. The van der Waals surface area contributed by atoms with Crippen LogP contribution in [0.25, 0.3) is 0 Å². The van der Waals surface area contributed by atoms with Gasteiger partial charge in [0, 0.05) is 5.38 Å². The fourth-order valence-electron chi connectivity index (χ4n) is 1.39. The molecule has 0 saturated carbocycles. The van der Waals surface area contributed by atoms with Gasteiger partial charge in [0.1, 0.15) is 0 Å². The topological polar surface area (TPSA) is 51.2 Å². The number of rotatable bonds is 3. The molecule has 0 amide bonds. The van der Waals surface area contributed by atoms with Gasteiger partial charge in [-0.25, -0.2) is 8.42 Å². The largest absolute Gasteiger partial charge is 0.297 e. The third-order valence-corrected chi connectivity index (χ3v) is 5.11. The van der Waals surface area contributed by atoms with Gasteiger partial charge >= 0.3 is 0 Å². The van der Waals surface area contributed by atoms with Gasteiger partial charge in [0.25, 0.3) is 0 Å². The summed E-state index contributed by atoms with van der Waals surface area (Å²) >= 11 is 1.13. The lowest BCUT2D eigenvalue weighted by atomic mass is 10.2. The molecule has 2 aromatic rings. The van der Waals surface area contributed by atoms with Gasteiger partial charge in [-0.1, -0.05) is 17.7 Å². The van der Waals surface area contributed by atoms with Gasteiger partial charge in [0.2, 0.25) is 9.84 Å². The average molecular weight is 266 g/mol. The molecular formula is C12H10O3S2. The van der Waals surface area contributed by atoms with Crippen LogP contribution in [0.5, 0.6) is 0 Å². The number of hydrogen-bond donors (Lipinski definition) is 0. The Morgan fingerprint density at radius 3 is 2.29 bits per heavy atom. The van der Waals surface area contributed by atoms with Crippen molar-refractivity contribution in [3.63, 3.8) is 0 Å². The molecule has 2 rings (SSSR count). The molecule has 1 aromatic heterocycles. The number of benzene rings is 1. The Labute approximate surface area is 104 Å². The summed E-state index contributed by atoms with van der Waals surface area (Å²) in [7, 11) is -3.49. The summed E-state index contributed by atoms with van der Waals surface area (Å²) in [4.78, 5) is 11.4. The minimum atomic E-state index is -3.49. The van der Waals surface area contributed by atoms with Gasteiger partial charge in [0.15, 0.2) is 6.29 Å². The van der Waals surface area contributed by atoms with Gasteiger partial charge in [0.05, 0.1) is 14.7 Å². The van der Waals surface area contributed by atoms with Crippen LogP contribution in [0.4, 0.5) is 0 Å². The molecule has 3 nitrogen and oxygen atoms in total. The molecule has 0 saturated heterocycles. The lowest BCUT2D eigenvalue weighted by Crippen LogP contribution is -2.00. The average Bonchev–Trinajstić information content (AvgIpc) is 2.78. The Balaban J connectivity index is 2.49. The van der Waals surface area contributed by atoms with E-state index in [0.717, 1.165) is 16.9 Å². The zero-order valence-electron chi connectivity index (χ0n) is 9.08. The highest BCUT2D eigenvalue weighted by Gasteiger charge is 2.18. The first-order valence-corrected chi connectivity index (χ1v) is 7.26. The summed E-state index contributed by atoms with van der Waals surface area (Å²) < 4.78 is 24.3. The summed E-state index contributed by atoms with van der Waals surface area (Å²) in [5, 5.41) is 1.49. The maximum Gasteiger partial charge on any atom is 0.207 e. The number of thiophene rings is 1. The highest BCUT2D eigenvalue weighted by molar-refractivity contribution is 7.91. The highest BCUT2D eigenvalue weighted by atomic mass is 32.2. The second-order valence-electron chi connectivity index (χ2n) is 3.62. The minimum absolute atomic E-state index is 0.174. The van der Waals surface area contributed by atoms with Crippen LogP contribution in [0, 0.1) is 6.92 Å². The third-order valence-electron chi connectivity index (χ3n) is 2.35. The van der Waals surface area contributed by atoms with Crippen LogP contribution in [0.2, 0.25) is 0 Å². The Morgan fingerprint density at radius 1 is 1.12 bits per heavy atom. The second kappa shape index (κ2) is 4.43. The van der Waals surface area contributed by atoms with Crippen molar-refractivity contribution in [2.75, 3.05) is 0 Å². The molecule has 0 N–H and O–H groups in total. The van der Waals surface area contributed by atoms with E-state index >= 15 is 0 Å². The molecular weight excluding hydrogens is 256 g/mol. The van der Waals surface area contributed by atoms with Crippen LogP contribution >= 0.6 is 11.3 Å². The molecule has 1 heterocycles. The summed E-state index contributed by atoms with van der Waals surface area (Å²) in [5.41, 5.74) is 1.00. The first-order chi connectivity index (χ1) is 8.04. The summed E-state index contributed by atoms with van der Waals surface area (Å²) in [5.74, 6) is 0. The number of aldehydes is 1. The normalized spacial score (nSPS) is 11.4. The monoisotopic (exact) mass is 266 g/mol. The smallest absolute Gasteiger partial charge is 0.207 e. The maximum atomic E-state index is 12.2. The fourth-order valence-corrected chi connectivity index (χ4v) is 3.74. The molecule has 0 aliphatic heterocycles. The summed E-state index contributed by atoms with van der Waals surface area (Å²) in [6, 6.07) is 8.04. The van der Waals surface area contributed by atoms with Crippen molar-refractivity contribution in [1.29, 1.82) is 0 Å². The Bertz CT molecular complexity index is 637. The third kappa shape index (κ3) is 2.30. The van der Waals surface area contributed by atoms with E-state index in [1.165, 1.54) is 11.4 Å². The first kappa shape index (κ1) is 12.0. The minimum Gasteiger partial charge on any atom is -0.297 e. The number of carbonyl (C=O) groups excluding carboxylic acids is 1. The molecule has 17 heavy (non-hydrogen) atoms. The summed E-state index contributed by atoms with van der Waals surface area (Å²) in [6.07, 6.45) is 0.652. The van der Waals surface area contributed by atoms with Crippen LogP contribution in [0.1, 0.15) is 15.2 Å². The number of sulfone groups is 1. The van der Waals surface area contributed by atoms with Gasteiger partial charge in [-0.15, -0.1) is 11.3 Å². The summed E-state index contributed by atoms with van der Waals surface area (Å²) in [6.45, 7) is 1.89. The Hall–Kier alpha value is -1.46. The van der Waals surface area contributed by atoms with E-state index in [4.69, 9.17) is 0 Å². The van der Waals surface area contributed by atoms with Crippen LogP contribution in [0.15, 0.2) is 45.5 Å². The van der Waals surface area contributed by atoms with Crippen molar-refractivity contribution >= 4 is 27.5 Å². The van der Waals surface area contributed by atoms with Crippen molar-refractivity contribution in [3.05, 3.63) is 46.2 Å². The van der Waals surface area contributed by atoms with Crippen molar-refractivity contribution < 1.29 is 13.2 Å². The quantitative estimate of drug-likeness (QED) is 0.803. The molecule has 1 aromatic carbocycles. The zero-order chi connectivity index (χ0) is 12.5. The van der Waals surface area contributed by atoms with Crippen molar-refractivity contribution in [2.24, 2.45) is 0 Å². The molecule has 0 atom stereocenters. The predicted molar refractivity (Wildman–Crippen MR) is 66.3 cm³/mol. The molecule has 0 spiro atoms. The lowest BCUT2D eigenvalue weighted by Gasteiger charge is -2.02. The van der Waals surface area contributed by atoms with E-state index < -0.39 is 9.84 Å². The van der Waals surface area contributed by atoms with E-state index in [0.29, 0.717) is 11.2 Å². The molecule has 0 radical (unpaired) electrons. The number of hydrogen-bond acceptors (Lipinski definition) is 4. The van der Waals surface area contributed by atoms with E-state index in [2.05, 4.69) is 0 Å². The van der Waals surface area contributed by atoms with Gasteiger partial charge < -0.3 is 0 Å². The van der Waals surface area contributed by atoms with Crippen LogP contribution in [-0.2, 0) is 9.84 Å². The Morgan fingerprint density at radius 2 is 1.76 bits per heavy atom. The van der Waals surface area contributed by atoms with Crippen molar-refractivity contribution in [1.82, 2.24) is 0 Å².